The minimum Gasteiger partial charge on any atom is -0.368 e. The summed E-state index contributed by atoms with van der Waals surface area (Å²) in [7, 11) is -1.13. The fourth-order valence-electron chi connectivity index (χ4n) is 2.80. The van der Waals surface area contributed by atoms with Crippen molar-refractivity contribution in [1.29, 1.82) is 0 Å². The van der Waals surface area contributed by atoms with E-state index in [0.29, 0.717) is 6.54 Å². The van der Waals surface area contributed by atoms with Gasteiger partial charge in [-0.3, -0.25) is 4.79 Å². The highest BCUT2D eigenvalue weighted by molar-refractivity contribution is 7.90. The molecule has 1 fully saturated rings. The van der Waals surface area contributed by atoms with Crippen LogP contribution in [0.3, 0.4) is 0 Å². The van der Waals surface area contributed by atoms with Crippen LogP contribution in [0.1, 0.15) is 5.56 Å². The predicted molar refractivity (Wildman–Crippen MR) is 96.9 cm³/mol. The molecule has 0 atom stereocenters. The van der Waals surface area contributed by atoms with Crippen molar-refractivity contribution in [3.8, 4) is 0 Å². The van der Waals surface area contributed by atoms with Gasteiger partial charge in [0.05, 0.1) is 23.3 Å². The maximum absolute atomic E-state index is 12.3. The Kier molecular flexibility index (Phi) is 4.91. The van der Waals surface area contributed by atoms with Gasteiger partial charge < -0.3 is 9.80 Å². The second kappa shape index (κ2) is 6.97. The van der Waals surface area contributed by atoms with Crippen LogP contribution in [0.5, 0.6) is 0 Å². The number of sulfone groups is 1. The van der Waals surface area contributed by atoms with Gasteiger partial charge in [-0.2, -0.15) is 5.10 Å². The maximum atomic E-state index is 12.3. The molecule has 25 heavy (non-hydrogen) atoms. The van der Waals surface area contributed by atoms with E-state index in [-0.39, 0.29) is 10.5 Å². The van der Waals surface area contributed by atoms with Crippen LogP contribution in [0, 0.1) is 0 Å². The maximum Gasteiger partial charge on any atom is 0.269 e. The lowest BCUT2D eigenvalue weighted by atomic mass is 10.2. The van der Waals surface area contributed by atoms with Gasteiger partial charge in [0.1, 0.15) is 0 Å². The van der Waals surface area contributed by atoms with Crippen LogP contribution in [-0.4, -0.2) is 62.6 Å². The molecule has 0 bridgehead atoms. The summed E-state index contributed by atoms with van der Waals surface area (Å²) in [6, 6.07) is 8.13. The van der Waals surface area contributed by atoms with Crippen molar-refractivity contribution >= 4 is 15.5 Å². The zero-order chi connectivity index (χ0) is 18.0. The number of aromatic nitrogens is 2. The first-order valence-corrected chi connectivity index (χ1v) is 10.0. The molecule has 0 unspecified atom stereocenters. The Morgan fingerprint density at radius 1 is 1.08 bits per heavy atom. The van der Waals surface area contributed by atoms with E-state index >= 15 is 0 Å². The molecule has 0 saturated carbocycles. The summed E-state index contributed by atoms with van der Waals surface area (Å²) >= 11 is 0. The smallest absolute Gasteiger partial charge is 0.269 e. The first-order valence-electron chi connectivity index (χ1n) is 8.12. The Balaban J connectivity index is 1.74. The molecule has 7 nitrogen and oxygen atoms in total. The number of hydrogen-bond donors (Lipinski definition) is 0. The zero-order valence-corrected chi connectivity index (χ0v) is 15.2. The number of hydrogen-bond acceptors (Lipinski definition) is 6. The van der Waals surface area contributed by atoms with Crippen LogP contribution < -0.4 is 10.5 Å². The van der Waals surface area contributed by atoms with Crippen LogP contribution in [0.4, 0.5) is 5.69 Å². The quantitative estimate of drug-likeness (QED) is 0.786. The topological polar surface area (TPSA) is 75.5 Å². The molecule has 1 aliphatic rings. The molecule has 1 aliphatic heterocycles. The standard InChI is InChI=1S/C17H22N4O3S/c1-19-7-9-20(10-8-19)15-11-17(22)21(18-12-15)13-14-3-5-16(6-4-14)25(2,23)24/h3-6,11-12H,7-10,13H2,1-2H3. The molecule has 0 aliphatic carbocycles. The molecule has 0 spiro atoms. The first kappa shape index (κ1) is 17.6. The highest BCUT2D eigenvalue weighted by Crippen LogP contribution is 2.13. The number of anilines is 1. The monoisotopic (exact) mass is 362 g/mol. The summed E-state index contributed by atoms with van der Waals surface area (Å²) in [5, 5.41) is 4.27. The van der Waals surface area contributed by atoms with E-state index in [1.165, 1.54) is 10.9 Å². The summed E-state index contributed by atoms with van der Waals surface area (Å²) in [4.78, 5) is 17.0. The van der Waals surface area contributed by atoms with E-state index in [2.05, 4.69) is 21.9 Å². The highest BCUT2D eigenvalue weighted by atomic mass is 32.2. The van der Waals surface area contributed by atoms with E-state index in [1.807, 2.05) is 0 Å². The van der Waals surface area contributed by atoms with Gasteiger partial charge in [-0.05, 0) is 24.7 Å². The second-order valence-corrected chi connectivity index (χ2v) is 8.43. The largest absolute Gasteiger partial charge is 0.368 e. The minimum absolute atomic E-state index is 0.163. The van der Waals surface area contributed by atoms with Crippen LogP contribution in [0.2, 0.25) is 0 Å². The van der Waals surface area contributed by atoms with Crippen LogP contribution in [0.25, 0.3) is 0 Å². The number of rotatable bonds is 4. The number of piperazine rings is 1. The molecule has 134 valence electrons. The Labute approximate surface area is 147 Å². The van der Waals surface area contributed by atoms with Crippen molar-refractivity contribution in [2.45, 2.75) is 11.4 Å². The van der Waals surface area contributed by atoms with Crippen LogP contribution >= 0.6 is 0 Å². The van der Waals surface area contributed by atoms with Gasteiger partial charge in [0, 0.05) is 38.5 Å². The molecule has 2 aromatic rings. The fraction of sp³-hybridized carbons (Fsp3) is 0.412. The Morgan fingerprint density at radius 2 is 1.72 bits per heavy atom. The Hall–Kier alpha value is -2.19. The summed E-state index contributed by atoms with van der Waals surface area (Å²) in [5.41, 5.74) is 1.51. The van der Waals surface area contributed by atoms with Crippen molar-refractivity contribution < 1.29 is 8.42 Å². The molecule has 1 aromatic heterocycles. The Morgan fingerprint density at radius 3 is 2.28 bits per heavy atom. The van der Waals surface area contributed by atoms with Gasteiger partial charge >= 0.3 is 0 Å². The molecule has 3 rings (SSSR count). The summed E-state index contributed by atoms with van der Waals surface area (Å²) in [6.45, 7) is 4.01. The molecule has 0 radical (unpaired) electrons. The van der Waals surface area contributed by atoms with Gasteiger partial charge in [-0.1, -0.05) is 12.1 Å². The molecule has 0 amide bonds. The molecular formula is C17H22N4O3S. The summed E-state index contributed by atoms with van der Waals surface area (Å²) in [6.07, 6.45) is 2.89. The van der Waals surface area contributed by atoms with E-state index in [0.717, 1.165) is 37.4 Å². The molecule has 2 heterocycles. The minimum atomic E-state index is -3.22. The highest BCUT2D eigenvalue weighted by Gasteiger charge is 2.15. The SMILES string of the molecule is CN1CCN(c2cnn(Cc3ccc(S(C)(=O)=O)cc3)c(=O)c2)CC1. The number of likely N-dealkylation sites (N-methyl/N-ethyl adjacent to an activating group) is 1. The van der Waals surface area contributed by atoms with E-state index in [9.17, 15) is 13.2 Å². The van der Waals surface area contributed by atoms with Crippen molar-refractivity contribution in [2.24, 2.45) is 0 Å². The van der Waals surface area contributed by atoms with Crippen molar-refractivity contribution in [1.82, 2.24) is 14.7 Å². The number of benzene rings is 1. The lowest BCUT2D eigenvalue weighted by Gasteiger charge is -2.33. The van der Waals surface area contributed by atoms with Gasteiger partial charge in [0.15, 0.2) is 9.84 Å². The molecule has 0 N–H and O–H groups in total. The van der Waals surface area contributed by atoms with Gasteiger partial charge in [0.2, 0.25) is 0 Å². The van der Waals surface area contributed by atoms with E-state index < -0.39 is 9.84 Å². The average molecular weight is 362 g/mol. The van der Waals surface area contributed by atoms with Crippen molar-refractivity contribution in [3.05, 3.63) is 52.4 Å². The van der Waals surface area contributed by atoms with E-state index in [1.54, 1.807) is 36.5 Å². The molecule has 8 heteroatoms. The molecule has 1 saturated heterocycles. The summed E-state index contributed by atoms with van der Waals surface area (Å²) in [5.74, 6) is 0. The number of nitrogens with zero attached hydrogens (tertiary/aromatic N) is 4. The van der Waals surface area contributed by atoms with Crippen LogP contribution in [0.15, 0.2) is 46.2 Å². The second-order valence-electron chi connectivity index (χ2n) is 6.42. The third kappa shape index (κ3) is 4.26. The predicted octanol–water partition coefficient (Wildman–Crippen LogP) is 0.447. The zero-order valence-electron chi connectivity index (χ0n) is 14.4. The average Bonchev–Trinajstić information content (AvgIpc) is 2.57. The Bertz CT molecular complexity index is 898. The van der Waals surface area contributed by atoms with E-state index in [4.69, 9.17) is 0 Å². The van der Waals surface area contributed by atoms with Crippen LogP contribution in [-0.2, 0) is 16.4 Å². The molecule has 1 aromatic carbocycles. The van der Waals surface area contributed by atoms with Gasteiger partial charge in [-0.15, -0.1) is 0 Å². The fourth-order valence-corrected chi connectivity index (χ4v) is 3.43. The third-order valence-corrected chi connectivity index (χ3v) is 5.54. The third-order valence-electron chi connectivity index (χ3n) is 4.41. The van der Waals surface area contributed by atoms with Gasteiger partial charge in [-0.25, -0.2) is 13.1 Å². The summed E-state index contributed by atoms with van der Waals surface area (Å²) < 4.78 is 24.4. The van der Waals surface area contributed by atoms with Gasteiger partial charge in [0.25, 0.3) is 5.56 Å². The lowest BCUT2D eigenvalue weighted by Crippen LogP contribution is -2.45. The lowest BCUT2D eigenvalue weighted by molar-refractivity contribution is 0.312. The normalized spacial score (nSPS) is 16.2. The molecular weight excluding hydrogens is 340 g/mol. The van der Waals surface area contributed by atoms with Crippen molar-refractivity contribution in [2.75, 3.05) is 44.4 Å². The van der Waals surface area contributed by atoms with Crippen molar-refractivity contribution in [3.63, 3.8) is 0 Å². The first-order chi connectivity index (χ1) is 11.8.